The summed E-state index contributed by atoms with van der Waals surface area (Å²) in [6.45, 7) is 5.06. The molecule has 0 spiro atoms. The Morgan fingerprint density at radius 1 is 1.54 bits per heavy atom. The van der Waals surface area contributed by atoms with Crippen LogP contribution in [-0.4, -0.2) is 49.6 Å². The first-order valence-corrected chi connectivity index (χ1v) is 5.85. The Bertz CT molecular complexity index is 302. The van der Waals surface area contributed by atoms with E-state index >= 15 is 0 Å². The van der Waals surface area contributed by atoms with Gasteiger partial charge in [0, 0.05) is 32.6 Å². The minimum absolute atomic E-state index is 0.301. The third-order valence-electron chi connectivity index (χ3n) is 1.97. The molecule has 1 fully saturated rings. The molecule has 0 unspecified atom stereocenters. The van der Waals surface area contributed by atoms with Crippen molar-refractivity contribution in [2.24, 2.45) is 0 Å². The number of hydrogen-bond acceptors (Lipinski definition) is 2. The van der Waals surface area contributed by atoms with Crippen molar-refractivity contribution in [1.29, 1.82) is 0 Å². The third kappa shape index (κ3) is 2.22. The highest BCUT2D eigenvalue weighted by molar-refractivity contribution is 7.87. The van der Waals surface area contributed by atoms with Gasteiger partial charge < -0.3 is 0 Å². The summed E-state index contributed by atoms with van der Waals surface area (Å²) in [5.41, 5.74) is 0.723. The van der Waals surface area contributed by atoms with Gasteiger partial charge in [0.15, 0.2) is 0 Å². The quantitative estimate of drug-likeness (QED) is 0.510. The van der Waals surface area contributed by atoms with Gasteiger partial charge >= 0.3 is 0 Å². The van der Waals surface area contributed by atoms with Gasteiger partial charge in [0.2, 0.25) is 0 Å². The second kappa shape index (κ2) is 3.96. The molecule has 1 aliphatic heterocycles. The van der Waals surface area contributed by atoms with Crippen LogP contribution in [0.4, 0.5) is 0 Å². The van der Waals surface area contributed by atoms with E-state index in [1.165, 1.54) is 8.61 Å². The molecule has 0 aliphatic carbocycles. The summed E-state index contributed by atoms with van der Waals surface area (Å²) in [7, 11) is -1.66. The van der Waals surface area contributed by atoms with E-state index in [9.17, 15) is 8.42 Å². The molecule has 0 aromatic rings. The number of alkyl halides is 1. The molecule has 0 atom stereocenters. The normalized spacial score (nSPS) is 23.5. The maximum atomic E-state index is 11.5. The molecular weight excluding hydrogens is 212 g/mol. The van der Waals surface area contributed by atoms with E-state index in [0.717, 1.165) is 5.57 Å². The molecular formula is C7H13ClN2O2S. The van der Waals surface area contributed by atoms with Crippen molar-refractivity contribution in [2.45, 2.75) is 0 Å². The lowest BCUT2D eigenvalue weighted by atomic mass is 10.3. The minimum Gasteiger partial charge on any atom is -0.195 e. The van der Waals surface area contributed by atoms with Crippen molar-refractivity contribution < 1.29 is 8.42 Å². The number of likely N-dealkylation sites (N-methyl/N-ethyl adjacent to an activating group) is 1. The second-order valence-electron chi connectivity index (χ2n) is 3.05. The molecule has 6 heteroatoms. The standard InChI is InChI=1S/C7H13ClN2O2S/c1-7(5-8)6-10-4-3-9(2)13(10,11)12/h1,3-6H2,2H3. The Morgan fingerprint density at radius 2 is 2.15 bits per heavy atom. The topological polar surface area (TPSA) is 40.6 Å². The molecule has 76 valence electrons. The molecule has 1 rings (SSSR count). The largest absolute Gasteiger partial charge is 0.282 e. The summed E-state index contributed by atoms with van der Waals surface area (Å²) in [4.78, 5) is 0. The van der Waals surface area contributed by atoms with Gasteiger partial charge in [0.25, 0.3) is 10.2 Å². The van der Waals surface area contributed by atoms with Crippen LogP contribution in [0.2, 0.25) is 0 Å². The lowest BCUT2D eigenvalue weighted by Crippen LogP contribution is -2.32. The Labute approximate surface area is 84.0 Å². The van der Waals surface area contributed by atoms with Crippen molar-refractivity contribution in [3.63, 3.8) is 0 Å². The van der Waals surface area contributed by atoms with Crippen LogP contribution in [0.25, 0.3) is 0 Å². The van der Waals surface area contributed by atoms with Crippen LogP contribution in [-0.2, 0) is 10.2 Å². The van der Waals surface area contributed by atoms with Gasteiger partial charge in [0.1, 0.15) is 0 Å². The maximum Gasteiger partial charge on any atom is 0.282 e. The number of rotatable bonds is 3. The first-order chi connectivity index (χ1) is 5.98. The average molecular weight is 225 g/mol. The summed E-state index contributed by atoms with van der Waals surface area (Å²) in [6, 6.07) is 0. The molecule has 0 amide bonds. The molecule has 4 nitrogen and oxygen atoms in total. The third-order valence-corrected chi connectivity index (χ3v) is 4.29. The highest BCUT2D eigenvalue weighted by atomic mass is 35.5. The van der Waals surface area contributed by atoms with E-state index in [0.29, 0.717) is 25.5 Å². The minimum atomic E-state index is -3.22. The molecule has 0 aromatic heterocycles. The molecule has 0 aromatic carbocycles. The summed E-state index contributed by atoms with van der Waals surface area (Å²) in [6.07, 6.45) is 0. The van der Waals surface area contributed by atoms with E-state index < -0.39 is 10.2 Å². The Balaban J connectivity index is 2.68. The highest BCUT2D eigenvalue weighted by Gasteiger charge is 2.33. The molecule has 1 saturated heterocycles. The molecule has 0 radical (unpaired) electrons. The van der Waals surface area contributed by atoms with Gasteiger partial charge in [-0.15, -0.1) is 11.6 Å². The summed E-state index contributed by atoms with van der Waals surface area (Å²) in [5, 5.41) is 0. The zero-order valence-corrected chi connectivity index (χ0v) is 9.11. The zero-order chi connectivity index (χ0) is 10.1. The van der Waals surface area contributed by atoms with Crippen LogP contribution in [0, 0.1) is 0 Å². The van der Waals surface area contributed by atoms with Crippen LogP contribution in [0.15, 0.2) is 12.2 Å². The van der Waals surface area contributed by atoms with E-state index in [1.54, 1.807) is 7.05 Å². The molecule has 0 N–H and O–H groups in total. The van der Waals surface area contributed by atoms with E-state index in [2.05, 4.69) is 6.58 Å². The summed E-state index contributed by atoms with van der Waals surface area (Å²) >= 11 is 5.53. The molecule has 1 aliphatic rings. The van der Waals surface area contributed by atoms with E-state index in [-0.39, 0.29) is 0 Å². The lowest BCUT2D eigenvalue weighted by Gasteiger charge is -2.15. The van der Waals surface area contributed by atoms with Crippen molar-refractivity contribution in [3.05, 3.63) is 12.2 Å². The molecule has 1 heterocycles. The van der Waals surface area contributed by atoms with Gasteiger partial charge in [0.05, 0.1) is 0 Å². The smallest absolute Gasteiger partial charge is 0.195 e. The number of hydrogen-bond donors (Lipinski definition) is 0. The van der Waals surface area contributed by atoms with E-state index in [4.69, 9.17) is 11.6 Å². The monoisotopic (exact) mass is 224 g/mol. The Kier molecular flexibility index (Phi) is 3.34. The number of halogens is 1. The van der Waals surface area contributed by atoms with Crippen molar-refractivity contribution in [3.8, 4) is 0 Å². The maximum absolute atomic E-state index is 11.5. The average Bonchev–Trinajstić information content (AvgIpc) is 2.31. The fraction of sp³-hybridized carbons (Fsp3) is 0.714. The van der Waals surface area contributed by atoms with Gasteiger partial charge in [-0.3, -0.25) is 0 Å². The van der Waals surface area contributed by atoms with Crippen LogP contribution in [0.3, 0.4) is 0 Å². The Hall–Kier alpha value is -0.100. The second-order valence-corrected chi connectivity index (χ2v) is 5.35. The first kappa shape index (κ1) is 11.0. The molecule has 0 bridgehead atoms. The molecule has 13 heavy (non-hydrogen) atoms. The first-order valence-electron chi connectivity index (χ1n) is 3.92. The van der Waals surface area contributed by atoms with Crippen LogP contribution in [0.5, 0.6) is 0 Å². The fourth-order valence-corrected chi connectivity index (χ4v) is 2.58. The van der Waals surface area contributed by atoms with E-state index in [1.807, 2.05) is 0 Å². The Morgan fingerprint density at radius 3 is 2.54 bits per heavy atom. The van der Waals surface area contributed by atoms with Crippen molar-refractivity contribution >= 4 is 21.8 Å². The van der Waals surface area contributed by atoms with Crippen molar-refractivity contribution in [2.75, 3.05) is 32.6 Å². The fourth-order valence-electron chi connectivity index (χ4n) is 1.13. The highest BCUT2D eigenvalue weighted by Crippen LogP contribution is 2.15. The predicted octanol–water partition coefficient (Wildman–Crippen LogP) is 0.274. The van der Waals surface area contributed by atoms with Crippen LogP contribution in [0.1, 0.15) is 0 Å². The van der Waals surface area contributed by atoms with Crippen LogP contribution < -0.4 is 0 Å². The van der Waals surface area contributed by atoms with Gasteiger partial charge in [-0.1, -0.05) is 6.58 Å². The van der Waals surface area contributed by atoms with Gasteiger partial charge in [-0.25, -0.2) is 0 Å². The summed E-state index contributed by atoms with van der Waals surface area (Å²) in [5.74, 6) is 0.301. The van der Waals surface area contributed by atoms with Crippen LogP contribution >= 0.6 is 11.6 Å². The predicted molar refractivity (Wildman–Crippen MR) is 53.0 cm³/mol. The zero-order valence-electron chi connectivity index (χ0n) is 7.53. The lowest BCUT2D eigenvalue weighted by molar-refractivity contribution is 0.473. The number of nitrogens with zero attached hydrogens (tertiary/aromatic N) is 2. The summed E-state index contributed by atoms with van der Waals surface area (Å²) < 4.78 is 25.7. The SMILES string of the molecule is C=C(CCl)CN1CCN(C)S1(=O)=O. The molecule has 0 saturated carbocycles. The van der Waals surface area contributed by atoms with Gasteiger partial charge in [-0.05, 0) is 5.57 Å². The van der Waals surface area contributed by atoms with Crippen molar-refractivity contribution in [1.82, 2.24) is 8.61 Å². The van der Waals surface area contributed by atoms with Gasteiger partial charge in [-0.2, -0.15) is 17.0 Å².